The lowest BCUT2D eigenvalue weighted by Gasteiger charge is -2.25. The molecular weight excluding hydrogens is 495 g/mol. The predicted octanol–water partition coefficient (Wildman–Crippen LogP) is 5.63. The molecular formula is C25H22F7NO3. The molecule has 4 rings (SSSR count). The lowest BCUT2D eigenvalue weighted by Crippen LogP contribution is -2.25. The van der Waals surface area contributed by atoms with Crippen LogP contribution < -0.4 is 0 Å². The van der Waals surface area contributed by atoms with Crippen molar-refractivity contribution in [1.82, 2.24) is 4.90 Å². The monoisotopic (exact) mass is 517 g/mol. The molecule has 4 atom stereocenters. The van der Waals surface area contributed by atoms with Gasteiger partial charge in [0.1, 0.15) is 11.9 Å². The molecule has 1 fully saturated rings. The zero-order chi connectivity index (χ0) is 26.4. The van der Waals surface area contributed by atoms with Crippen molar-refractivity contribution >= 4 is 5.78 Å². The molecule has 1 aliphatic carbocycles. The van der Waals surface area contributed by atoms with Crippen LogP contribution in [0.15, 0.2) is 54.2 Å². The van der Waals surface area contributed by atoms with Crippen molar-refractivity contribution in [3.63, 3.8) is 0 Å². The van der Waals surface area contributed by atoms with Crippen LogP contribution in [0.4, 0.5) is 30.7 Å². The number of ether oxygens (including phenoxy) is 1. The van der Waals surface area contributed by atoms with Gasteiger partial charge in [-0.15, -0.1) is 0 Å². The molecule has 0 unspecified atom stereocenters. The van der Waals surface area contributed by atoms with E-state index in [4.69, 9.17) is 4.74 Å². The molecule has 0 spiro atoms. The Bertz CT molecular complexity index is 1130. The van der Waals surface area contributed by atoms with Crippen molar-refractivity contribution in [1.29, 1.82) is 0 Å². The molecule has 36 heavy (non-hydrogen) atoms. The van der Waals surface area contributed by atoms with Crippen LogP contribution in [0.25, 0.3) is 0 Å². The third-order valence-electron chi connectivity index (χ3n) is 6.47. The Morgan fingerprint density at radius 2 is 1.56 bits per heavy atom. The Morgan fingerprint density at radius 1 is 0.972 bits per heavy atom. The first kappa shape index (κ1) is 26.2. The van der Waals surface area contributed by atoms with Crippen LogP contribution in [-0.4, -0.2) is 41.1 Å². The van der Waals surface area contributed by atoms with Gasteiger partial charge in [0.15, 0.2) is 5.78 Å². The molecule has 1 saturated heterocycles. The normalized spacial score (nSPS) is 23.8. The van der Waals surface area contributed by atoms with Crippen molar-refractivity contribution in [3.05, 3.63) is 82.3 Å². The van der Waals surface area contributed by atoms with E-state index in [0.717, 1.165) is 0 Å². The minimum absolute atomic E-state index is 0.0593. The maximum atomic E-state index is 13.5. The molecule has 2 aromatic carbocycles. The molecule has 2 aliphatic rings. The third kappa shape index (κ3) is 5.57. The quantitative estimate of drug-likeness (QED) is 0.523. The van der Waals surface area contributed by atoms with Crippen molar-refractivity contribution in [3.8, 4) is 0 Å². The highest BCUT2D eigenvalue weighted by Gasteiger charge is 2.40. The standard InChI is InChI=1S/C25H22F7NO3/c1-13(15-6-16(24(27,28)29)8-17(7-15)25(30,31)32)36-23-12-33(19-9-21(34)22(35)10-19)11-20(23)14-2-4-18(26)5-3-14/h2-9,13,20,22-23,35H,10-12H2,1H3/t13-,20-,22-,23+/m1/s1. The maximum absolute atomic E-state index is 13.5. The van der Waals surface area contributed by atoms with Crippen LogP contribution in [0.1, 0.15) is 47.6 Å². The van der Waals surface area contributed by atoms with Gasteiger partial charge in [-0.25, -0.2) is 4.39 Å². The van der Waals surface area contributed by atoms with Gasteiger partial charge in [0.2, 0.25) is 0 Å². The van der Waals surface area contributed by atoms with Crippen molar-refractivity contribution in [2.45, 2.75) is 49.9 Å². The SMILES string of the molecule is C[C@@H](O[C@H]1CN(C2=CC(=O)[C@H](O)C2)C[C@@H]1c1ccc(F)cc1)c1cc(C(F)(F)F)cc(C(F)(F)F)c1. The van der Waals surface area contributed by atoms with Crippen LogP contribution in [-0.2, 0) is 21.9 Å². The average Bonchev–Trinajstić information content (AvgIpc) is 3.35. The smallest absolute Gasteiger partial charge is 0.385 e. The zero-order valence-corrected chi connectivity index (χ0v) is 18.9. The summed E-state index contributed by atoms with van der Waals surface area (Å²) in [5.41, 5.74) is -1.96. The van der Waals surface area contributed by atoms with E-state index >= 15 is 0 Å². The minimum Gasteiger partial charge on any atom is -0.385 e. The number of hydrogen-bond donors (Lipinski definition) is 1. The Labute approximate surface area is 202 Å². The summed E-state index contributed by atoms with van der Waals surface area (Å²) in [4.78, 5) is 13.6. The lowest BCUT2D eigenvalue weighted by atomic mass is 9.95. The number of carbonyl (C=O) groups is 1. The molecule has 0 bridgehead atoms. The number of aliphatic hydroxyl groups excluding tert-OH is 1. The van der Waals surface area contributed by atoms with Crippen LogP contribution in [0.3, 0.4) is 0 Å². The van der Waals surface area contributed by atoms with Crippen LogP contribution in [0.2, 0.25) is 0 Å². The number of aliphatic hydroxyl groups is 1. The highest BCUT2D eigenvalue weighted by Crippen LogP contribution is 2.40. The number of rotatable bonds is 5. The number of ketones is 1. The molecule has 4 nitrogen and oxygen atoms in total. The van der Waals surface area contributed by atoms with Gasteiger partial charge < -0.3 is 14.7 Å². The first-order valence-electron chi connectivity index (χ1n) is 11.1. The molecule has 11 heteroatoms. The molecule has 1 N–H and O–H groups in total. The van der Waals surface area contributed by atoms with E-state index in [1.54, 1.807) is 4.90 Å². The van der Waals surface area contributed by atoms with Gasteiger partial charge in [-0.1, -0.05) is 12.1 Å². The second kappa shape index (κ2) is 9.51. The van der Waals surface area contributed by atoms with E-state index < -0.39 is 59.3 Å². The Balaban J connectivity index is 1.64. The van der Waals surface area contributed by atoms with Gasteiger partial charge in [-0.2, -0.15) is 26.3 Å². The summed E-state index contributed by atoms with van der Waals surface area (Å²) >= 11 is 0. The molecule has 0 saturated carbocycles. The molecule has 0 aromatic heterocycles. The number of carbonyl (C=O) groups excluding carboxylic acids is 1. The highest BCUT2D eigenvalue weighted by atomic mass is 19.4. The summed E-state index contributed by atoms with van der Waals surface area (Å²) in [6, 6.07) is 6.86. The second-order valence-electron chi connectivity index (χ2n) is 8.98. The maximum Gasteiger partial charge on any atom is 0.416 e. The van der Waals surface area contributed by atoms with Gasteiger partial charge in [0.05, 0.1) is 23.3 Å². The van der Waals surface area contributed by atoms with Crippen molar-refractivity contribution in [2.75, 3.05) is 13.1 Å². The van der Waals surface area contributed by atoms with Gasteiger partial charge in [0, 0.05) is 37.2 Å². The molecule has 0 amide bonds. The van der Waals surface area contributed by atoms with E-state index in [-0.39, 0.29) is 24.6 Å². The number of likely N-dealkylation sites (tertiary alicyclic amines) is 1. The summed E-state index contributed by atoms with van der Waals surface area (Å²) in [7, 11) is 0. The summed E-state index contributed by atoms with van der Waals surface area (Å²) in [6.07, 6.45) is -11.6. The van der Waals surface area contributed by atoms with Crippen LogP contribution >= 0.6 is 0 Å². The van der Waals surface area contributed by atoms with Crippen molar-refractivity contribution < 1.29 is 45.4 Å². The summed E-state index contributed by atoms with van der Waals surface area (Å²) in [6.45, 7) is 1.83. The van der Waals surface area contributed by atoms with Gasteiger partial charge in [-0.3, -0.25) is 4.79 Å². The average molecular weight is 517 g/mol. The van der Waals surface area contributed by atoms with E-state index in [2.05, 4.69) is 0 Å². The summed E-state index contributed by atoms with van der Waals surface area (Å²) in [5, 5.41) is 9.80. The Hall–Kier alpha value is -2.92. The predicted molar refractivity (Wildman–Crippen MR) is 114 cm³/mol. The van der Waals surface area contributed by atoms with Crippen LogP contribution in [0.5, 0.6) is 0 Å². The molecule has 2 aromatic rings. The molecule has 1 aliphatic heterocycles. The van der Waals surface area contributed by atoms with E-state index in [1.807, 2.05) is 0 Å². The zero-order valence-electron chi connectivity index (χ0n) is 18.9. The van der Waals surface area contributed by atoms with Crippen molar-refractivity contribution in [2.24, 2.45) is 0 Å². The lowest BCUT2D eigenvalue weighted by molar-refractivity contribution is -0.143. The minimum atomic E-state index is -4.99. The van der Waals surface area contributed by atoms with E-state index in [9.17, 15) is 40.6 Å². The fourth-order valence-corrected chi connectivity index (χ4v) is 4.57. The van der Waals surface area contributed by atoms with Gasteiger partial charge in [-0.05, 0) is 48.4 Å². The first-order valence-corrected chi connectivity index (χ1v) is 11.1. The Morgan fingerprint density at radius 3 is 2.06 bits per heavy atom. The Kier molecular flexibility index (Phi) is 6.91. The fourth-order valence-electron chi connectivity index (χ4n) is 4.57. The number of alkyl halides is 6. The fraction of sp³-hybridized carbons (Fsp3) is 0.400. The van der Waals surface area contributed by atoms with E-state index in [1.165, 1.54) is 37.3 Å². The summed E-state index contributed by atoms with van der Waals surface area (Å²) in [5.74, 6) is -1.35. The van der Waals surface area contributed by atoms with Gasteiger partial charge in [0.25, 0.3) is 0 Å². The number of nitrogens with zero attached hydrogens (tertiary/aromatic N) is 1. The molecule has 1 heterocycles. The molecule has 0 radical (unpaired) electrons. The topological polar surface area (TPSA) is 49.8 Å². The number of hydrogen-bond acceptors (Lipinski definition) is 4. The number of halogens is 7. The molecule has 194 valence electrons. The second-order valence-corrected chi connectivity index (χ2v) is 8.98. The van der Waals surface area contributed by atoms with E-state index in [0.29, 0.717) is 29.9 Å². The number of benzene rings is 2. The highest BCUT2D eigenvalue weighted by molar-refractivity contribution is 5.96. The summed E-state index contributed by atoms with van der Waals surface area (Å²) < 4.78 is 99.4. The van der Waals surface area contributed by atoms with Gasteiger partial charge >= 0.3 is 12.4 Å². The largest absolute Gasteiger partial charge is 0.416 e. The first-order chi connectivity index (χ1) is 16.7. The third-order valence-corrected chi connectivity index (χ3v) is 6.47. The van der Waals surface area contributed by atoms with Crippen LogP contribution in [0, 0.1) is 5.82 Å².